The van der Waals surface area contributed by atoms with Gasteiger partial charge in [-0.2, -0.15) is 5.26 Å². The molecule has 0 spiro atoms. The average molecular weight is 419 g/mol. The van der Waals surface area contributed by atoms with Gasteiger partial charge in [0.1, 0.15) is 16.6 Å². The van der Waals surface area contributed by atoms with Crippen LogP contribution < -0.4 is 10.6 Å². The van der Waals surface area contributed by atoms with Crippen LogP contribution >= 0.6 is 11.3 Å². The van der Waals surface area contributed by atoms with E-state index in [1.807, 2.05) is 36.4 Å². The number of carbonyl (C=O) groups excluding carboxylic acids is 1. The van der Waals surface area contributed by atoms with E-state index in [1.165, 1.54) is 16.5 Å². The van der Waals surface area contributed by atoms with Crippen molar-refractivity contribution in [2.24, 2.45) is 0 Å². The van der Waals surface area contributed by atoms with Crippen LogP contribution in [0.3, 0.4) is 0 Å². The molecule has 2 aromatic carbocycles. The van der Waals surface area contributed by atoms with Crippen LogP contribution in [-0.4, -0.2) is 30.1 Å². The molecule has 0 radical (unpaired) electrons. The molecular formula is C23H22N4O2S. The van der Waals surface area contributed by atoms with Crippen molar-refractivity contribution in [1.29, 1.82) is 5.26 Å². The molecule has 0 bridgehead atoms. The van der Waals surface area contributed by atoms with Crippen LogP contribution in [-0.2, 0) is 9.53 Å². The molecule has 2 heterocycles. The fourth-order valence-electron chi connectivity index (χ4n) is 3.28. The molecule has 152 valence electrons. The van der Waals surface area contributed by atoms with E-state index < -0.39 is 5.91 Å². The summed E-state index contributed by atoms with van der Waals surface area (Å²) in [5, 5.41) is 16.0. The number of ether oxygens (including phenoxy) is 1. The van der Waals surface area contributed by atoms with Gasteiger partial charge in [0.05, 0.1) is 16.3 Å². The maximum Gasteiger partial charge on any atom is 0.263 e. The zero-order valence-corrected chi connectivity index (χ0v) is 17.5. The van der Waals surface area contributed by atoms with Gasteiger partial charge in [-0.15, -0.1) is 11.3 Å². The quantitative estimate of drug-likeness (QED) is 0.458. The number of aryl methyl sites for hydroxylation is 1. The number of anilines is 1. The van der Waals surface area contributed by atoms with Crippen molar-refractivity contribution < 1.29 is 9.53 Å². The second-order valence-electron chi connectivity index (χ2n) is 7.23. The van der Waals surface area contributed by atoms with Crippen LogP contribution in [0.1, 0.15) is 18.4 Å². The summed E-state index contributed by atoms with van der Waals surface area (Å²) in [5.74, 6) is -0.401. The first-order valence-corrected chi connectivity index (χ1v) is 10.7. The number of rotatable bonds is 6. The van der Waals surface area contributed by atoms with Gasteiger partial charge in [0, 0.05) is 30.6 Å². The predicted molar refractivity (Wildman–Crippen MR) is 119 cm³/mol. The number of hydrogen-bond donors (Lipinski definition) is 2. The van der Waals surface area contributed by atoms with Crippen LogP contribution in [0, 0.1) is 18.3 Å². The molecule has 1 aliphatic rings. The van der Waals surface area contributed by atoms with Crippen LogP contribution in [0.15, 0.2) is 54.2 Å². The molecule has 4 rings (SSSR count). The molecule has 3 aromatic rings. The number of benzene rings is 2. The fourth-order valence-corrected chi connectivity index (χ4v) is 4.34. The van der Waals surface area contributed by atoms with Crippen molar-refractivity contribution in [3.05, 3.63) is 59.8 Å². The molecule has 1 fully saturated rings. The highest BCUT2D eigenvalue weighted by Crippen LogP contribution is 2.31. The molecule has 7 heteroatoms. The lowest BCUT2D eigenvalue weighted by molar-refractivity contribution is -0.117. The Morgan fingerprint density at radius 3 is 2.90 bits per heavy atom. The Hall–Kier alpha value is -3.21. The maximum absolute atomic E-state index is 12.2. The molecule has 1 amide bonds. The van der Waals surface area contributed by atoms with Crippen molar-refractivity contribution in [2.45, 2.75) is 25.9 Å². The van der Waals surface area contributed by atoms with E-state index in [2.05, 4.69) is 29.7 Å². The molecule has 1 saturated heterocycles. The Kier molecular flexibility index (Phi) is 6.07. The number of carbonyl (C=O) groups is 1. The van der Waals surface area contributed by atoms with Gasteiger partial charge in [-0.3, -0.25) is 4.79 Å². The molecule has 1 atom stereocenters. The number of aromatic nitrogens is 1. The van der Waals surface area contributed by atoms with E-state index in [0.717, 1.165) is 41.2 Å². The maximum atomic E-state index is 12.2. The molecule has 2 N–H and O–H groups in total. The number of hydrogen-bond acceptors (Lipinski definition) is 6. The SMILES string of the molecule is Cc1ccc2nc(-c3ccc(N/C=C(/C#N)C(=O)NCC4CCCO4)cc3)sc2c1. The van der Waals surface area contributed by atoms with Crippen molar-refractivity contribution in [3.8, 4) is 16.6 Å². The second-order valence-corrected chi connectivity index (χ2v) is 8.26. The molecule has 1 aliphatic heterocycles. The van der Waals surface area contributed by atoms with Crippen LogP contribution in [0.4, 0.5) is 5.69 Å². The fraction of sp³-hybridized carbons (Fsp3) is 0.261. The Bertz CT molecular complexity index is 1120. The average Bonchev–Trinajstić information content (AvgIpc) is 3.42. The van der Waals surface area contributed by atoms with E-state index >= 15 is 0 Å². The number of fused-ring (bicyclic) bond motifs is 1. The third-order valence-corrected chi connectivity index (χ3v) is 6.01. The zero-order valence-electron chi connectivity index (χ0n) is 16.6. The van der Waals surface area contributed by atoms with E-state index in [1.54, 1.807) is 11.3 Å². The lowest BCUT2D eigenvalue weighted by Crippen LogP contribution is -2.32. The van der Waals surface area contributed by atoms with Gasteiger partial charge in [0.25, 0.3) is 5.91 Å². The summed E-state index contributed by atoms with van der Waals surface area (Å²) < 4.78 is 6.65. The minimum Gasteiger partial charge on any atom is -0.376 e. The van der Waals surface area contributed by atoms with Gasteiger partial charge < -0.3 is 15.4 Å². The number of nitriles is 1. The van der Waals surface area contributed by atoms with Crippen molar-refractivity contribution in [2.75, 3.05) is 18.5 Å². The Balaban J connectivity index is 1.40. The number of amides is 1. The van der Waals surface area contributed by atoms with E-state index in [9.17, 15) is 10.1 Å². The van der Waals surface area contributed by atoms with Gasteiger partial charge in [-0.05, 0) is 61.7 Å². The van der Waals surface area contributed by atoms with Crippen LogP contribution in [0.5, 0.6) is 0 Å². The summed E-state index contributed by atoms with van der Waals surface area (Å²) in [6, 6.07) is 16.0. The minimum atomic E-state index is -0.401. The summed E-state index contributed by atoms with van der Waals surface area (Å²) in [7, 11) is 0. The normalized spacial score (nSPS) is 16.4. The lowest BCUT2D eigenvalue weighted by atomic mass is 10.2. The van der Waals surface area contributed by atoms with Gasteiger partial charge in [0.15, 0.2) is 0 Å². The highest BCUT2D eigenvalue weighted by atomic mass is 32.1. The number of nitrogens with one attached hydrogen (secondary N) is 2. The third-order valence-electron chi connectivity index (χ3n) is 4.94. The van der Waals surface area contributed by atoms with Crippen molar-refractivity contribution >= 4 is 33.1 Å². The molecule has 30 heavy (non-hydrogen) atoms. The highest BCUT2D eigenvalue weighted by Gasteiger charge is 2.17. The first-order chi connectivity index (χ1) is 14.6. The van der Waals surface area contributed by atoms with Crippen LogP contribution in [0.2, 0.25) is 0 Å². The highest BCUT2D eigenvalue weighted by molar-refractivity contribution is 7.21. The predicted octanol–water partition coefficient (Wildman–Crippen LogP) is 4.39. The largest absolute Gasteiger partial charge is 0.376 e. The Morgan fingerprint density at radius 2 is 2.17 bits per heavy atom. The van der Waals surface area contributed by atoms with Crippen molar-refractivity contribution in [1.82, 2.24) is 10.3 Å². The molecule has 1 aromatic heterocycles. The summed E-state index contributed by atoms with van der Waals surface area (Å²) in [6.07, 6.45) is 3.42. The molecule has 6 nitrogen and oxygen atoms in total. The van der Waals surface area contributed by atoms with Gasteiger partial charge in [-0.1, -0.05) is 6.07 Å². The van der Waals surface area contributed by atoms with E-state index in [4.69, 9.17) is 9.72 Å². The standard InChI is InChI=1S/C23H22N4O2S/c1-15-4-9-20-21(11-15)30-23(27-20)16-5-7-18(8-6-16)25-13-17(12-24)22(28)26-14-19-3-2-10-29-19/h4-9,11,13,19,25H,2-3,10,14H2,1H3,(H,26,28)/b17-13-. The van der Waals surface area contributed by atoms with Gasteiger partial charge >= 0.3 is 0 Å². The topological polar surface area (TPSA) is 87.0 Å². The number of nitrogens with zero attached hydrogens (tertiary/aromatic N) is 2. The molecule has 0 aliphatic carbocycles. The summed E-state index contributed by atoms with van der Waals surface area (Å²) in [4.78, 5) is 16.9. The summed E-state index contributed by atoms with van der Waals surface area (Å²) in [6.45, 7) is 3.23. The first-order valence-electron chi connectivity index (χ1n) is 9.86. The molecular weight excluding hydrogens is 396 g/mol. The van der Waals surface area contributed by atoms with Crippen LogP contribution in [0.25, 0.3) is 20.8 Å². The van der Waals surface area contributed by atoms with E-state index in [0.29, 0.717) is 6.54 Å². The smallest absolute Gasteiger partial charge is 0.263 e. The monoisotopic (exact) mass is 418 g/mol. The molecule has 1 unspecified atom stereocenters. The third kappa shape index (κ3) is 4.67. The van der Waals surface area contributed by atoms with E-state index in [-0.39, 0.29) is 11.7 Å². The summed E-state index contributed by atoms with van der Waals surface area (Å²) in [5.41, 5.74) is 4.06. The molecule has 0 saturated carbocycles. The van der Waals surface area contributed by atoms with Crippen molar-refractivity contribution in [3.63, 3.8) is 0 Å². The zero-order chi connectivity index (χ0) is 20.9. The van der Waals surface area contributed by atoms with Gasteiger partial charge in [0.2, 0.25) is 0 Å². The summed E-state index contributed by atoms with van der Waals surface area (Å²) >= 11 is 1.66. The lowest BCUT2D eigenvalue weighted by Gasteiger charge is -2.10. The number of thiazole rings is 1. The Morgan fingerprint density at radius 1 is 1.33 bits per heavy atom. The van der Waals surface area contributed by atoms with Gasteiger partial charge in [-0.25, -0.2) is 4.98 Å². The first kappa shape index (κ1) is 20.1. The Labute approximate surface area is 179 Å². The second kappa shape index (κ2) is 9.08. The minimum absolute atomic E-state index is 0.0265.